The Kier molecular flexibility index (Phi) is 6.84. The Morgan fingerprint density at radius 1 is 1.10 bits per heavy atom. The number of rotatable bonds is 7. The number of carbonyl (C=O) groups is 2. The number of anilines is 1. The van der Waals surface area contributed by atoms with Crippen molar-refractivity contribution in [2.24, 2.45) is 0 Å². The fourth-order valence-corrected chi connectivity index (χ4v) is 4.00. The fourth-order valence-electron chi connectivity index (χ4n) is 2.94. The molecule has 0 fully saturated rings. The molecule has 3 rings (SSSR count). The Hall–Kier alpha value is -3.19. The molecule has 2 aromatic carbocycles. The average Bonchev–Trinajstić information content (AvgIpc) is 3.15. The summed E-state index contributed by atoms with van der Waals surface area (Å²) in [6.45, 7) is 3.88. The minimum absolute atomic E-state index is 0.0528. The van der Waals surface area contributed by atoms with E-state index in [2.05, 4.69) is 29.4 Å². The Bertz CT molecular complexity index is 1030. The predicted molar refractivity (Wildman–Crippen MR) is 120 cm³/mol. The van der Waals surface area contributed by atoms with Crippen LogP contribution in [0, 0.1) is 6.92 Å². The molecule has 0 radical (unpaired) electrons. The zero-order valence-electron chi connectivity index (χ0n) is 17.6. The lowest BCUT2D eigenvalue weighted by atomic mass is 10.1. The van der Waals surface area contributed by atoms with Crippen LogP contribution >= 0.6 is 11.3 Å². The second-order valence-electron chi connectivity index (χ2n) is 6.92. The lowest BCUT2D eigenvalue weighted by molar-refractivity contribution is -0.116. The van der Waals surface area contributed by atoms with Crippen molar-refractivity contribution in [3.63, 3.8) is 0 Å². The normalized spacial score (nSPS) is 10.5. The molecule has 0 saturated carbocycles. The molecule has 3 aromatic rings. The SMILES string of the molecule is CCc1ccc(-c2nc(C)c(C(=O)N(C)CC(=O)Nc3ccc(OC)cc3)s2)cc1. The summed E-state index contributed by atoms with van der Waals surface area (Å²) in [6, 6.07) is 15.2. The van der Waals surface area contributed by atoms with Crippen molar-refractivity contribution in [3.05, 3.63) is 64.7 Å². The number of nitrogens with zero attached hydrogens (tertiary/aromatic N) is 2. The molecule has 1 heterocycles. The van der Waals surface area contributed by atoms with Gasteiger partial charge in [-0.25, -0.2) is 4.98 Å². The Labute approximate surface area is 180 Å². The molecule has 0 atom stereocenters. The van der Waals surface area contributed by atoms with Crippen molar-refractivity contribution in [1.82, 2.24) is 9.88 Å². The number of likely N-dealkylation sites (N-methyl/N-ethyl adjacent to an activating group) is 1. The van der Waals surface area contributed by atoms with E-state index >= 15 is 0 Å². The highest BCUT2D eigenvalue weighted by Crippen LogP contribution is 2.29. The number of benzene rings is 2. The van der Waals surface area contributed by atoms with Gasteiger partial charge < -0.3 is 15.0 Å². The van der Waals surface area contributed by atoms with E-state index in [0.717, 1.165) is 17.0 Å². The molecular formula is C23H25N3O3S. The van der Waals surface area contributed by atoms with Gasteiger partial charge in [0, 0.05) is 18.3 Å². The molecule has 2 amide bonds. The molecule has 0 aliphatic heterocycles. The van der Waals surface area contributed by atoms with Gasteiger partial charge in [0.2, 0.25) is 5.91 Å². The number of methoxy groups -OCH3 is 1. The molecule has 0 saturated heterocycles. The highest BCUT2D eigenvalue weighted by molar-refractivity contribution is 7.17. The van der Waals surface area contributed by atoms with E-state index in [0.29, 0.717) is 22.0 Å². The molecule has 30 heavy (non-hydrogen) atoms. The first-order valence-corrected chi connectivity index (χ1v) is 10.5. The fraction of sp³-hybridized carbons (Fsp3) is 0.261. The number of hydrogen-bond donors (Lipinski definition) is 1. The summed E-state index contributed by atoms with van der Waals surface area (Å²) in [4.78, 5) is 31.7. The molecule has 7 heteroatoms. The average molecular weight is 424 g/mol. The number of aromatic nitrogens is 1. The number of thiazole rings is 1. The molecule has 1 N–H and O–H groups in total. The standard InChI is InChI=1S/C23H25N3O3S/c1-5-16-6-8-17(9-7-16)22-24-15(2)21(30-22)23(28)26(3)14-20(27)25-18-10-12-19(29-4)13-11-18/h6-13H,5,14H2,1-4H3,(H,25,27). The zero-order valence-corrected chi connectivity index (χ0v) is 18.4. The van der Waals surface area contributed by atoms with Gasteiger partial charge in [-0.2, -0.15) is 0 Å². The van der Waals surface area contributed by atoms with Gasteiger partial charge >= 0.3 is 0 Å². The second kappa shape index (κ2) is 9.54. The van der Waals surface area contributed by atoms with E-state index in [1.165, 1.54) is 21.8 Å². The van der Waals surface area contributed by atoms with Gasteiger partial charge in [-0.15, -0.1) is 11.3 Å². The largest absolute Gasteiger partial charge is 0.497 e. The van der Waals surface area contributed by atoms with Crippen LogP contribution < -0.4 is 10.1 Å². The van der Waals surface area contributed by atoms with Crippen LogP contribution in [0.1, 0.15) is 27.9 Å². The smallest absolute Gasteiger partial charge is 0.266 e. The van der Waals surface area contributed by atoms with Gasteiger partial charge in [-0.3, -0.25) is 9.59 Å². The molecule has 0 bridgehead atoms. The predicted octanol–water partition coefficient (Wildman–Crippen LogP) is 4.40. The van der Waals surface area contributed by atoms with Gasteiger partial charge in [0.25, 0.3) is 5.91 Å². The minimum Gasteiger partial charge on any atom is -0.497 e. The van der Waals surface area contributed by atoms with E-state index in [1.54, 1.807) is 38.4 Å². The van der Waals surface area contributed by atoms with Crippen molar-refractivity contribution < 1.29 is 14.3 Å². The monoisotopic (exact) mass is 423 g/mol. The summed E-state index contributed by atoms with van der Waals surface area (Å²) in [7, 11) is 3.20. The lowest BCUT2D eigenvalue weighted by Crippen LogP contribution is -2.34. The number of amides is 2. The van der Waals surface area contributed by atoms with Crippen LogP contribution in [0.3, 0.4) is 0 Å². The van der Waals surface area contributed by atoms with Crippen molar-refractivity contribution in [2.45, 2.75) is 20.3 Å². The topological polar surface area (TPSA) is 71.5 Å². The van der Waals surface area contributed by atoms with Crippen LogP contribution in [0.2, 0.25) is 0 Å². The van der Waals surface area contributed by atoms with Gasteiger partial charge in [0.1, 0.15) is 15.6 Å². The third-order valence-corrected chi connectivity index (χ3v) is 5.90. The van der Waals surface area contributed by atoms with E-state index in [4.69, 9.17) is 4.74 Å². The third kappa shape index (κ3) is 5.04. The molecule has 6 nitrogen and oxygen atoms in total. The maximum absolute atomic E-state index is 12.9. The summed E-state index contributed by atoms with van der Waals surface area (Å²) < 4.78 is 5.11. The van der Waals surface area contributed by atoms with Crippen molar-refractivity contribution in [2.75, 3.05) is 26.0 Å². The molecule has 0 aliphatic carbocycles. The van der Waals surface area contributed by atoms with Crippen molar-refractivity contribution >= 4 is 28.8 Å². The summed E-state index contributed by atoms with van der Waals surface area (Å²) in [6.07, 6.45) is 0.976. The lowest BCUT2D eigenvalue weighted by Gasteiger charge is -2.16. The third-order valence-electron chi connectivity index (χ3n) is 4.70. The number of ether oxygens (including phenoxy) is 1. The molecular weight excluding hydrogens is 398 g/mol. The summed E-state index contributed by atoms with van der Waals surface area (Å²) in [5.41, 5.74) is 3.56. The number of nitrogens with one attached hydrogen (secondary N) is 1. The first kappa shape index (κ1) is 21.5. The Morgan fingerprint density at radius 3 is 2.37 bits per heavy atom. The molecule has 156 valence electrons. The summed E-state index contributed by atoms with van der Waals surface area (Å²) in [5, 5.41) is 3.59. The molecule has 1 aromatic heterocycles. The first-order chi connectivity index (χ1) is 14.4. The van der Waals surface area contributed by atoms with E-state index in [9.17, 15) is 9.59 Å². The van der Waals surface area contributed by atoms with Crippen LogP contribution in [0.4, 0.5) is 5.69 Å². The Balaban J connectivity index is 1.66. The van der Waals surface area contributed by atoms with Crippen LogP contribution in [-0.2, 0) is 11.2 Å². The quantitative estimate of drug-likeness (QED) is 0.611. The van der Waals surface area contributed by atoms with Gasteiger partial charge in [-0.05, 0) is 43.2 Å². The molecule has 0 unspecified atom stereocenters. The van der Waals surface area contributed by atoms with Crippen LogP contribution in [0.5, 0.6) is 5.75 Å². The summed E-state index contributed by atoms with van der Waals surface area (Å²) >= 11 is 1.35. The maximum atomic E-state index is 12.9. The zero-order chi connectivity index (χ0) is 21.7. The van der Waals surface area contributed by atoms with E-state index in [-0.39, 0.29) is 18.4 Å². The molecule has 0 aliphatic rings. The van der Waals surface area contributed by atoms with Crippen molar-refractivity contribution in [3.8, 4) is 16.3 Å². The van der Waals surface area contributed by atoms with Gasteiger partial charge in [0.05, 0.1) is 19.3 Å². The highest BCUT2D eigenvalue weighted by atomic mass is 32.1. The van der Waals surface area contributed by atoms with Crippen LogP contribution in [-0.4, -0.2) is 42.4 Å². The molecule has 0 spiro atoms. The summed E-state index contributed by atoms with van der Waals surface area (Å²) in [5.74, 6) is 0.223. The Morgan fingerprint density at radius 2 is 1.77 bits per heavy atom. The number of carbonyl (C=O) groups excluding carboxylic acids is 2. The second-order valence-corrected chi connectivity index (χ2v) is 7.92. The van der Waals surface area contributed by atoms with Crippen LogP contribution in [0.15, 0.2) is 48.5 Å². The van der Waals surface area contributed by atoms with Gasteiger partial charge in [0.15, 0.2) is 0 Å². The highest BCUT2D eigenvalue weighted by Gasteiger charge is 2.21. The van der Waals surface area contributed by atoms with Crippen molar-refractivity contribution in [1.29, 1.82) is 0 Å². The van der Waals surface area contributed by atoms with Gasteiger partial charge in [-0.1, -0.05) is 31.2 Å². The van der Waals surface area contributed by atoms with E-state index < -0.39 is 0 Å². The maximum Gasteiger partial charge on any atom is 0.266 e. The number of aryl methyl sites for hydroxylation is 2. The minimum atomic E-state index is -0.270. The first-order valence-electron chi connectivity index (χ1n) is 9.67. The van der Waals surface area contributed by atoms with Crippen LogP contribution in [0.25, 0.3) is 10.6 Å². The number of hydrogen-bond acceptors (Lipinski definition) is 5. The van der Waals surface area contributed by atoms with E-state index in [1.807, 2.05) is 19.1 Å².